The molecule has 19 heavy (non-hydrogen) atoms. The first-order valence-electron chi connectivity index (χ1n) is 5.34. The molecule has 0 saturated heterocycles. The van der Waals surface area contributed by atoms with Crippen LogP contribution < -0.4 is 5.73 Å². The number of sulfonamides is 1. The van der Waals surface area contributed by atoms with Gasteiger partial charge in [0, 0.05) is 30.2 Å². The maximum Gasteiger partial charge on any atom is 0.290 e. The molecule has 0 heterocycles. The molecule has 0 spiro atoms. The molecule has 0 saturated carbocycles. The lowest BCUT2D eigenvalue weighted by atomic mass is 10.3. The molecule has 0 bridgehead atoms. The average molecular weight is 352 g/mol. The highest BCUT2D eigenvalue weighted by Crippen LogP contribution is 2.29. The summed E-state index contributed by atoms with van der Waals surface area (Å²) in [5.41, 5.74) is 4.96. The number of benzene rings is 1. The first-order chi connectivity index (χ1) is 8.71. The van der Waals surface area contributed by atoms with Gasteiger partial charge in [-0.1, -0.05) is 15.9 Å². The molecular formula is C10H14BrN3O4S. The predicted octanol–water partition coefficient (Wildman–Crippen LogP) is 1.32. The molecule has 0 aliphatic heterocycles. The van der Waals surface area contributed by atoms with Crippen LogP contribution in [0.25, 0.3) is 0 Å². The van der Waals surface area contributed by atoms with E-state index >= 15 is 0 Å². The fourth-order valence-electron chi connectivity index (χ4n) is 1.39. The lowest BCUT2D eigenvalue weighted by Gasteiger charge is -2.22. The van der Waals surface area contributed by atoms with Crippen LogP contribution in [0.2, 0.25) is 0 Å². The van der Waals surface area contributed by atoms with Crippen molar-refractivity contribution >= 4 is 31.6 Å². The number of hydrogen-bond acceptors (Lipinski definition) is 5. The number of halogens is 1. The van der Waals surface area contributed by atoms with Crippen molar-refractivity contribution < 1.29 is 13.3 Å². The van der Waals surface area contributed by atoms with E-state index in [0.29, 0.717) is 4.47 Å². The van der Waals surface area contributed by atoms with Crippen LogP contribution in [0.3, 0.4) is 0 Å². The van der Waals surface area contributed by atoms with Gasteiger partial charge in [-0.2, -0.15) is 4.31 Å². The van der Waals surface area contributed by atoms with Crippen molar-refractivity contribution in [3.05, 3.63) is 32.8 Å². The number of hydrogen-bond donors (Lipinski definition) is 1. The Hall–Kier alpha value is -1.03. The van der Waals surface area contributed by atoms with Crippen LogP contribution in [0.1, 0.15) is 6.92 Å². The van der Waals surface area contributed by atoms with Crippen molar-refractivity contribution in [2.45, 2.75) is 17.9 Å². The molecule has 0 fully saturated rings. The third-order valence-corrected chi connectivity index (χ3v) is 5.25. The monoisotopic (exact) mass is 351 g/mol. The standard InChI is InChI=1S/C10H14BrN3O4S/c1-7(6-12)13(2)19(17,18)10-4-3-8(11)5-9(10)14(15)16/h3-5,7H,6,12H2,1-2H3. The Morgan fingerprint density at radius 3 is 2.58 bits per heavy atom. The zero-order valence-electron chi connectivity index (χ0n) is 10.4. The van der Waals surface area contributed by atoms with Gasteiger partial charge in [0.05, 0.1) is 4.92 Å². The van der Waals surface area contributed by atoms with Crippen LogP contribution in [0.15, 0.2) is 27.6 Å². The number of nitro benzene ring substituents is 1. The lowest BCUT2D eigenvalue weighted by Crippen LogP contribution is -2.39. The molecule has 9 heteroatoms. The minimum atomic E-state index is -3.95. The van der Waals surface area contributed by atoms with Gasteiger partial charge in [0.1, 0.15) is 0 Å². The van der Waals surface area contributed by atoms with Crippen LogP contribution in [-0.2, 0) is 10.0 Å². The molecule has 1 aromatic rings. The van der Waals surface area contributed by atoms with E-state index in [-0.39, 0.29) is 11.4 Å². The summed E-state index contributed by atoms with van der Waals surface area (Å²) in [5, 5.41) is 11.0. The second-order valence-corrected chi connectivity index (χ2v) is 6.86. The smallest absolute Gasteiger partial charge is 0.290 e. The van der Waals surface area contributed by atoms with E-state index in [0.717, 1.165) is 10.4 Å². The quantitative estimate of drug-likeness (QED) is 0.635. The second-order valence-electron chi connectivity index (χ2n) is 3.98. The van der Waals surface area contributed by atoms with Gasteiger partial charge in [0.25, 0.3) is 5.69 Å². The third-order valence-electron chi connectivity index (χ3n) is 2.74. The van der Waals surface area contributed by atoms with Gasteiger partial charge in [0.15, 0.2) is 4.90 Å². The third kappa shape index (κ3) is 3.30. The summed E-state index contributed by atoms with van der Waals surface area (Å²) in [5.74, 6) is 0. The van der Waals surface area contributed by atoms with Crippen LogP contribution >= 0.6 is 15.9 Å². The molecule has 7 nitrogen and oxygen atoms in total. The van der Waals surface area contributed by atoms with Crippen LogP contribution in [0.4, 0.5) is 5.69 Å². The summed E-state index contributed by atoms with van der Waals surface area (Å²) in [6.07, 6.45) is 0. The predicted molar refractivity (Wildman–Crippen MR) is 74.3 cm³/mol. The second kappa shape index (κ2) is 5.95. The van der Waals surface area contributed by atoms with Crippen molar-refractivity contribution in [1.82, 2.24) is 4.31 Å². The minimum Gasteiger partial charge on any atom is -0.329 e. The van der Waals surface area contributed by atoms with Gasteiger partial charge >= 0.3 is 0 Å². The first-order valence-corrected chi connectivity index (χ1v) is 7.57. The zero-order valence-corrected chi connectivity index (χ0v) is 12.8. The molecule has 1 unspecified atom stereocenters. The topological polar surface area (TPSA) is 107 Å². The van der Waals surface area contributed by atoms with Crippen molar-refractivity contribution in [1.29, 1.82) is 0 Å². The molecule has 0 amide bonds. The molecule has 1 aromatic carbocycles. The van der Waals surface area contributed by atoms with Crippen LogP contribution in [0, 0.1) is 10.1 Å². The van der Waals surface area contributed by atoms with Gasteiger partial charge in [0.2, 0.25) is 10.0 Å². The summed E-state index contributed by atoms with van der Waals surface area (Å²) < 4.78 is 26.1. The van der Waals surface area contributed by atoms with Gasteiger partial charge in [-0.15, -0.1) is 0 Å². The summed E-state index contributed by atoms with van der Waals surface area (Å²) in [6, 6.07) is 3.36. The number of rotatable bonds is 5. The number of likely N-dealkylation sites (N-methyl/N-ethyl adjacent to an activating group) is 1. The molecule has 1 rings (SSSR count). The van der Waals surface area contributed by atoms with Gasteiger partial charge in [-0.3, -0.25) is 10.1 Å². The van der Waals surface area contributed by atoms with Gasteiger partial charge in [-0.25, -0.2) is 8.42 Å². The van der Waals surface area contributed by atoms with Crippen molar-refractivity contribution in [2.75, 3.05) is 13.6 Å². The maximum atomic E-state index is 12.3. The molecule has 0 aliphatic rings. The maximum absolute atomic E-state index is 12.3. The molecular weight excluding hydrogens is 338 g/mol. The van der Waals surface area contributed by atoms with Crippen molar-refractivity contribution in [3.63, 3.8) is 0 Å². The number of nitrogens with two attached hydrogens (primary N) is 1. The highest BCUT2D eigenvalue weighted by atomic mass is 79.9. The SMILES string of the molecule is CC(CN)N(C)S(=O)(=O)c1ccc(Br)cc1[N+](=O)[O-]. The Bertz CT molecular complexity index is 590. The normalized spacial score (nSPS) is 13.5. The Morgan fingerprint density at radius 2 is 2.11 bits per heavy atom. The molecule has 106 valence electrons. The fourth-order valence-corrected chi connectivity index (χ4v) is 3.25. The highest BCUT2D eigenvalue weighted by molar-refractivity contribution is 9.10. The Kier molecular flexibility index (Phi) is 5.02. The van der Waals surface area contributed by atoms with E-state index < -0.39 is 26.7 Å². The summed E-state index contributed by atoms with van der Waals surface area (Å²) in [6.45, 7) is 1.75. The average Bonchev–Trinajstić information content (AvgIpc) is 2.36. The zero-order chi connectivity index (χ0) is 14.8. The number of nitro groups is 1. The molecule has 1 atom stereocenters. The van der Waals surface area contributed by atoms with E-state index in [4.69, 9.17) is 5.73 Å². The van der Waals surface area contributed by atoms with Gasteiger partial charge in [-0.05, 0) is 19.1 Å². The van der Waals surface area contributed by atoms with Crippen molar-refractivity contribution in [3.8, 4) is 0 Å². The Morgan fingerprint density at radius 1 is 1.53 bits per heavy atom. The lowest BCUT2D eigenvalue weighted by molar-refractivity contribution is -0.387. The van der Waals surface area contributed by atoms with E-state index in [1.807, 2.05) is 0 Å². The van der Waals surface area contributed by atoms with E-state index in [1.54, 1.807) is 6.92 Å². The molecule has 0 aliphatic carbocycles. The van der Waals surface area contributed by atoms with E-state index in [1.165, 1.54) is 19.2 Å². The fraction of sp³-hybridized carbons (Fsp3) is 0.400. The van der Waals surface area contributed by atoms with Gasteiger partial charge < -0.3 is 5.73 Å². The Labute approximate surface area is 119 Å². The Balaban J connectivity index is 3.41. The highest BCUT2D eigenvalue weighted by Gasteiger charge is 2.31. The minimum absolute atomic E-state index is 0.125. The molecule has 0 radical (unpaired) electrons. The number of nitrogens with zero attached hydrogens (tertiary/aromatic N) is 2. The summed E-state index contributed by atoms with van der Waals surface area (Å²) in [7, 11) is -2.61. The molecule has 2 N–H and O–H groups in total. The van der Waals surface area contributed by atoms with Crippen LogP contribution in [0.5, 0.6) is 0 Å². The molecule has 0 aromatic heterocycles. The van der Waals surface area contributed by atoms with E-state index in [2.05, 4.69) is 15.9 Å². The largest absolute Gasteiger partial charge is 0.329 e. The first kappa shape index (κ1) is 16.0. The van der Waals surface area contributed by atoms with Crippen LogP contribution in [-0.4, -0.2) is 37.3 Å². The summed E-state index contributed by atoms with van der Waals surface area (Å²) in [4.78, 5) is 9.89. The summed E-state index contributed by atoms with van der Waals surface area (Å²) >= 11 is 3.08. The van der Waals surface area contributed by atoms with E-state index in [9.17, 15) is 18.5 Å². The van der Waals surface area contributed by atoms with Crippen molar-refractivity contribution in [2.24, 2.45) is 5.73 Å².